The Labute approximate surface area is 150 Å². The number of alkyl halides is 3. The van der Waals surface area contributed by atoms with Gasteiger partial charge >= 0.3 is 6.18 Å². The molecule has 1 saturated heterocycles. The number of benzene rings is 1. The molecule has 1 aliphatic heterocycles. The zero-order chi connectivity index (χ0) is 19.9. The summed E-state index contributed by atoms with van der Waals surface area (Å²) in [5, 5.41) is 9.83. The summed E-state index contributed by atoms with van der Waals surface area (Å²) in [6.07, 6.45) is -4.86. The Morgan fingerprint density at radius 1 is 1.35 bits per heavy atom. The molecule has 0 aliphatic carbocycles. The van der Waals surface area contributed by atoms with E-state index in [9.17, 15) is 27.5 Å². The molecule has 1 aliphatic rings. The first-order valence-electron chi connectivity index (χ1n) is 8.40. The molecule has 1 heterocycles. The fourth-order valence-electron chi connectivity index (χ4n) is 3.32. The number of halogens is 4. The van der Waals surface area contributed by atoms with E-state index in [1.807, 2.05) is 18.7 Å². The van der Waals surface area contributed by atoms with E-state index < -0.39 is 29.1 Å². The van der Waals surface area contributed by atoms with Gasteiger partial charge in [-0.05, 0) is 31.0 Å². The fraction of sp³-hybridized carbons (Fsp3) is 0.611. The van der Waals surface area contributed by atoms with Gasteiger partial charge in [0.2, 0.25) is 0 Å². The number of likely N-dealkylation sites (N-methyl/N-ethyl adjacent to an activating group) is 1. The SMILES string of the molecule is CC(C)[C@@H](CN1CC(C)(O)C1)N(C)C(=O)c1ccc(F)c(C(F)(F)F)c1. The van der Waals surface area contributed by atoms with Crippen LogP contribution in [0.3, 0.4) is 0 Å². The first kappa shape index (κ1) is 20.6. The van der Waals surface area contributed by atoms with Crippen molar-refractivity contribution in [2.75, 3.05) is 26.7 Å². The Kier molecular flexibility index (Phi) is 5.68. The van der Waals surface area contributed by atoms with Crippen LogP contribution in [0.5, 0.6) is 0 Å². The second kappa shape index (κ2) is 7.15. The second-order valence-electron chi connectivity index (χ2n) is 7.59. The van der Waals surface area contributed by atoms with Crippen LogP contribution in [-0.4, -0.2) is 59.1 Å². The lowest BCUT2D eigenvalue weighted by molar-refractivity contribution is -0.140. The number of β-amino-alcohol motifs (C(OH)–C–C–N with tert-alkyl or cyclic N) is 1. The lowest BCUT2D eigenvalue weighted by Gasteiger charge is -2.47. The highest BCUT2D eigenvalue weighted by atomic mass is 19.4. The smallest absolute Gasteiger partial charge is 0.388 e. The summed E-state index contributed by atoms with van der Waals surface area (Å²) in [5.74, 6) is -1.95. The number of carbonyl (C=O) groups is 1. The zero-order valence-electron chi connectivity index (χ0n) is 15.3. The largest absolute Gasteiger partial charge is 0.419 e. The van der Waals surface area contributed by atoms with Crippen LogP contribution >= 0.6 is 0 Å². The van der Waals surface area contributed by atoms with Crippen molar-refractivity contribution in [1.29, 1.82) is 0 Å². The van der Waals surface area contributed by atoms with Crippen LogP contribution in [0.1, 0.15) is 36.7 Å². The summed E-state index contributed by atoms with van der Waals surface area (Å²) in [4.78, 5) is 16.0. The van der Waals surface area contributed by atoms with E-state index in [2.05, 4.69) is 0 Å². The van der Waals surface area contributed by atoms with E-state index in [0.29, 0.717) is 31.8 Å². The predicted octanol–water partition coefficient (Wildman–Crippen LogP) is 3.01. The molecule has 1 N–H and O–H groups in total. The molecule has 1 amide bonds. The van der Waals surface area contributed by atoms with E-state index in [1.54, 1.807) is 6.92 Å². The lowest BCUT2D eigenvalue weighted by Crippen LogP contribution is -2.63. The minimum absolute atomic E-state index is 0.0528. The van der Waals surface area contributed by atoms with Crippen LogP contribution < -0.4 is 0 Å². The molecule has 1 fully saturated rings. The molecule has 0 aromatic heterocycles. The van der Waals surface area contributed by atoms with Gasteiger partial charge in [-0.15, -0.1) is 0 Å². The topological polar surface area (TPSA) is 43.8 Å². The van der Waals surface area contributed by atoms with Crippen molar-refractivity contribution in [1.82, 2.24) is 9.80 Å². The number of aliphatic hydroxyl groups is 1. The van der Waals surface area contributed by atoms with E-state index in [1.165, 1.54) is 11.9 Å². The summed E-state index contributed by atoms with van der Waals surface area (Å²) < 4.78 is 52.1. The van der Waals surface area contributed by atoms with E-state index in [-0.39, 0.29) is 17.5 Å². The van der Waals surface area contributed by atoms with Crippen molar-refractivity contribution < 1.29 is 27.5 Å². The first-order valence-corrected chi connectivity index (χ1v) is 8.40. The average molecular weight is 376 g/mol. The Morgan fingerprint density at radius 3 is 2.38 bits per heavy atom. The molecule has 26 heavy (non-hydrogen) atoms. The van der Waals surface area contributed by atoms with Gasteiger partial charge in [0, 0.05) is 38.3 Å². The van der Waals surface area contributed by atoms with Gasteiger partial charge in [-0.2, -0.15) is 13.2 Å². The van der Waals surface area contributed by atoms with Gasteiger partial charge in [-0.25, -0.2) is 4.39 Å². The summed E-state index contributed by atoms with van der Waals surface area (Å²) in [5.41, 5.74) is -2.40. The lowest BCUT2D eigenvalue weighted by atomic mass is 9.93. The van der Waals surface area contributed by atoms with Crippen molar-refractivity contribution in [3.8, 4) is 0 Å². The number of hydrogen-bond acceptors (Lipinski definition) is 3. The first-order chi connectivity index (χ1) is 11.8. The number of carbonyl (C=O) groups excluding carboxylic acids is 1. The zero-order valence-corrected chi connectivity index (χ0v) is 15.3. The maximum atomic E-state index is 13.4. The molecule has 146 valence electrons. The van der Waals surface area contributed by atoms with Crippen molar-refractivity contribution in [3.05, 3.63) is 35.1 Å². The maximum Gasteiger partial charge on any atom is 0.419 e. The van der Waals surface area contributed by atoms with Gasteiger partial charge in [0.15, 0.2) is 0 Å². The Hall–Kier alpha value is -1.67. The van der Waals surface area contributed by atoms with Gasteiger partial charge in [-0.1, -0.05) is 13.8 Å². The van der Waals surface area contributed by atoms with Crippen LogP contribution in [0, 0.1) is 11.7 Å². The summed E-state index contributed by atoms with van der Waals surface area (Å²) >= 11 is 0. The highest BCUT2D eigenvalue weighted by molar-refractivity contribution is 5.94. The highest BCUT2D eigenvalue weighted by Gasteiger charge is 2.39. The summed E-state index contributed by atoms with van der Waals surface area (Å²) in [7, 11) is 1.53. The van der Waals surface area contributed by atoms with Crippen LogP contribution in [0.25, 0.3) is 0 Å². The van der Waals surface area contributed by atoms with Crippen LogP contribution in [0.15, 0.2) is 18.2 Å². The van der Waals surface area contributed by atoms with Gasteiger partial charge in [0.05, 0.1) is 11.2 Å². The molecular weight excluding hydrogens is 352 g/mol. The molecule has 2 rings (SSSR count). The number of hydrogen-bond donors (Lipinski definition) is 1. The van der Waals surface area contributed by atoms with Crippen LogP contribution in [-0.2, 0) is 6.18 Å². The minimum atomic E-state index is -4.86. The average Bonchev–Trinajstić information content (AvgIpc) is 2.48. The number of amides is 1. The molecule has 0 unspecified atom stereocenters. The van der Waals surface area contributed by atoms with Crippen LogP contribution in [0.4, 0.5) is 17.6 Å². The number of nitrogens with zero attached hydrogens (tertiary/aromatic N) is 2. The third-order valence-corrected chi connectivity index (χ3v) is 4.68. The molecule has 0 spiro atoms. The minimum Gasteiger partial charge on any atom is -0.388 e. The van der Waals surface area contributed by atoms with Gasteiger partial charge in [0.25, 0.3) is 5.91 Å². The standard InChI is InChI=1S/C18H24F4N2O2/c1-11(2)15(8-24-9-17(3,26)10-24)23(4)16(25)12-5-6-14(19)13(7-12)18(20,21)22/h5-7,11,15,26H,8-10H2,1-4H3/t15-/m1/s1. The molecule has 1 aromatic carbocycles. The van der Waals surface area contributed by atoms with Crippen LogP contribution in [0.2, 0.25) is 0 Å². The Bertz CT molecular complexity index is 666. The summed E-state index contributed by atoms with van der Waals surface area (Å²) in [6.45, 7) is 7.01. The monoisotopic (exact) mass is 376 g/mol. The van der Waals surface area contributed by atoms with Gasteiger partial charge in [0.1, 0.15) is 5.82 Å². The van der Waals surface area contributed by atoms with Gasteiger partial charge < -0.3 is 10.0 Å². The maximum absolute atomic E-state index is 13.4. The van der Waals surface area contributed by atoms with E-state index >= 15 is 0 Å². The molecule has 0 bridgehead atoms. The van der Waals surface area contributed by atoms with Crippen molar-refractivity contribution in [3.63, 3.8) is 0 Å². The quantitative estimate of drug-likeness (QED) is 0.804. The predicted molar refractivity (Wildman–Crippen MR) is 89.2 cm³/mol. The summed E-state index contributed by atoms with van der Waals surface area (Å²) in [6, 6.07) is 2.04. The highest BCUT2D eigenvalue weighted by Crippen LogP contribution is 2.32. The van der Waals surface area contributed by atoms with Crippen molar-refractivity contribution >= 4 is 5.91 Å². The Morgan fingerprint density at radius 2 is 1.92 bits per heavy atom. The van der Waals surface area contributed by atoms with Gasteiger partial charge in [-0.3, -0.25) is 9.69 Å². The third kappa shape index (κ3) is 4.54. The molecule has 0 radical (unpaired) electrons. The third-order valence-electron chi connectivity index (χ3n) is 4.68. The second-order valence-corrected chi connectivity index (χ2v) is 7.59. The van der Waals surface area contributed by atoms with E-state index in [4.69, 9.17) is 0 Å². The fourth-order valence-corrected chi connectivity index (χ4v) is 3.32. The number of likely N-dealkylation sites (tertiary alicyclic amines) is 1. The molecule has 8 heteroatoms. The van der Waals surface area contributed by atoms with E-state index in [0.717, 1.165) is 6.07 Å². The Balaban J connectivity index is 2.18. The molecule has 4 nitrogen and oxygen atoms in total. The molecule has 1 atom stereocenters. The normalized spacial score (nSPS) is 18.5. The molecule has 1 aromatic rings. The number of rotatable bonds is 5. The van der Waals surface area contributed by atoms with Crippen molar-refractivity contribution in [2.24, 2.45) is 5.92 Å². The molecular formula is C18H24F4N2O2. The van der Waals surface area contributed by atoms with Crippen molar-refractivity contribution in [2.45, 2.75) is 38.6 Å². The molecule has 0 saturated carbocycles.